The highest BCUT2D eigenvalue weighted by atomic mass is 32.2. The molecule has 8 nitrogen and oxygen atoms in total. The number of urea groups is 1. The van der Waals surface area contributed by atoms with Gasteiger partial charge in [-0.15, -0.1) is 18.3 Å². The van der Waals surface area contributed by atoms with Crippen LogP contribution in [-0.2, 0) is 0 Å². The highest BCUT2D eigenvalue weighted by Gasteiger charge is 2.31. The molecule has 2 heterocycles. The lowest BCUT2D eigenvalue weighted by molar-refractivity contribution is -0.274. The Balaban J connectivity index is 1.14. The van der Waals surface area contributed by atoms with Crippen molar-refractivity contribution in [3.8, 4) is 22.8 Å². The topological polar surface area (TPSA) is 84.6 Å². The van der Waals surface area contributed by atoms with Gasteiger partial charge in [-0.25, -0.2) is 14.5 Å². The molecule has 2 amide bonds. The third kappa shape index (κ3) is 7.56. The zero-order chi connectivity index (χ0) is 30.6. The van der Waals surface area contributed by atoms with Crippen molar-refractivity contribution in [2.24, 2.45) is 4.99 Å². The molecule has 5 rings (SSSR count). The molecule has 0 spiro atoms. The number of rotatable bonds is 8. The number of nitrogens with one attached hydrogen (secondary N) is 1. The summed E-state index contributed by atoms with van der Waals surface area (Å²) in [4.78, 5) is 23.5. The Morgan fingerprint density at radius 1 is 1.07 bits per heavy atom. The van der Waals surface area contributed by atoms with Crippen molar-refractivity contribution >= 4 is 28.6 Å². The normalized spacial score (nSPS) is 15.1. The van der Waals surface area contributed by atoms with Gasteiger partial charge in [-0.05, 0) is 67.1 Å². The van der Waals surface area contributed by atoms with E-state index in [-0.39, 0.29) is 17.7 Å². The van der Waals surface area contributed by atoms with Gasteiger partial charge < -0.3 is 15.0 Å². The molecule has 1 aliphatic rings. The number of anilines is 1. The SMILES string of the molecule is Cc1cccc(C)c1N1CCSC1=NC(=O)NCCC(C)c1ccc(-c2ncn(-c3ccc(OC(F)(F)F)cc3)n2)cc1. The molecule has 1 unspecified atom stereocenters. The zero-order valence-corrected chi connectivity index (χ0v) is 24.7. The average molecular weight is 609 g/mol. The first-order valence-electron chi connectivity index (χ1n) is 13.8. The molecule has 3 aromatic carbocycles. The van der Waals surface area contributed by atoms with Crippen LogP contribution in [0.15, 0.2) is 78.0 Å². The van der Waals surface area contributed by atoms with E-state index in [1.807, 2.05) is 30.3 Å². The predicted octanol–water partition coefficient (Wildman–Crippen LogP) is 7.26. The lowest BCUT2D eigenvalue weighted by Crippen LogP contribution is -2.29. The van der Waals surface area contributed by atoms with Gasteiger partial charge in [-0.1, -0.05) is 61.2 Å². The molecule has 4 aromatic rings. The van der Waals surface area contributed by atoms with Crippen LogP contribution in [0.1, 0.15) is 36.0 Å². The molecule has 1 aromatic heterocycles. The fourth-order valence-electron chi connectivity index (χ4n) is 4.90. The molecule has 0 saturated carbocycles. The number of alkyl halides is 3. The number of ether oxygens (including phenoxy) is 1. The number of amides is 2. The zero-order valence-electron chi connectivity index (χ0n) is 23.9. The third-order valence-electron chi connectivity index (χ3n) is 7.10. The summed E-state index contributed by atoms with van der Waals surface area (Å²) in [6, 6.07) is 19.1. The van der Waals surface area contributed by atoms with E-state index in [9.17, 15) is 18.0 Å². The molecular formula is C31H31F3N6O2S. The van der Waals surface area contributed by atoms with Crippen LogP contribution in [-0.4, -0.2) is 51.2 Å². The van der Waals surface area contributed by atoms with E-state index in [1.165, 1.54) is 35.3 Å². The summed E-state index contributed by atoms with van der Waals surface area (Å²) in [6.07, 6.45) is -2.50. The minimum atomic E-state index is -4.74. The van der Waals surface area contributed by atoms with Crippen molar-refractivity contribution in [3.63, 3.8) is 0 Å². The molecule has 1 saturated heterocycles. The van der Waals surface area contributed by atoms with Gasteiger partial charge in [-0.3, -0.25) is 0 Å². The molecule has 1 N–H and O–H groups in total. The number of carbonyl (C=O) groups is 1. The Labute approximate surface area is 252 Å². The van der Waals surface area contributed by atoms with Crippen LogP contribution in [0.5, 0.6) is 5.75 Å². The molecule has 43 heavy (non-hydrogen) atoms. The number of aryl methyl sites for hydroxylation is 2. The monoisotopic (exact) mass is 608 g/mol. The molecule has 1 fully saturated rings. The summed E-state index contributed by atoms with van der Waals surface area (Å²) in [5.41, 5.74) is 5.90. The van der Waals surface area contributed by atoms with Gasteiger partial charge in [0.2, 0.25) is 0 Å². The van der Waals surface area contributed by atoms with Crippen LogP contribution >= 0.6 is 11.8 Å². The fraction of sp³-hybridized carbons (Fsp3) is 0.290. The van der Waals surface area contributed by atoms with Crippen LogP contribution in [0.3, 0.4) is 0 Å². The molecule has 0 bridgehead atoms. The Hall–Kier alpha value is -4.32. The molecule has 0 radical (unpaired) electrons. The molecule has 12 heteroatoms. The summed E-state index contributed by atoms with van der Waals surface area (Å²) in [7, 11) is 0. The van der Waals surface area contributed by atoms with Crippen LogP contribution in [0, 0.1) is 13.8 Å². The number of hydrogen-bond acceptors (Lipinski definition) is 5. The number of aliphatic imine (C=N–C) groups is 1. The second-order valence-electron chi connectivity index (χ2n) is 10.2. The van der Waals surface area contributed by atoms with Crippen molar-refractivity contribution in [2.45, 2.75) is 39.5 Å². The summed E-state index contributed by atoms with van der Waals surface area (Å²) >= 11 is 1.59. The van der Waals surface area contributed by atoms with Crippen LogP contribution in [0.4, 0.5) is 23.7 Å². The number of halogens is 3. The van der Waals surface area contributed by atoms with Gasteiger partial charge in [0, 0.05) is 30.1 Å². The van der Waals surface area contributed by atoms with E-state index in [0.29, 0.717) is 18.1 Å². The maximum absolute atomic E-state index is 12.6. The first kappa shape index (κ1) is 30.1. The number of aromatic nitrogens is 3. The summed E-state index contributed by atoms with van der Waals surface area (Å²) in [5, 5.41) is 8.11. The average Bonchev–Trinajstić information content (AvgIpc) is 3.63. The summed E-state index contributed by atoms with van der Waals surface area (Å²) in [6.45, 7) is 7.55. The molecule has 1 aliphatic heterocycles. The van der Waals surface area contributed by atoms with Gasteiger partial charge in [0.15, 0.2) is 11.0 Å². The number of nitrogens with zero attached hydrogens (tertiary/aromatic N) is 5. The standard InChI is InChI=1S/C31H31F3N6O2S/c1-20(15-16-35-29(41)37-30-39(17-18-43-30)27-21(2)5-4-6-22(27)3)23-7-9-24(10-8-23)28-36-19-40(38-28)25-11-13-26(14-12-25)42-31(32,33)34/h4-14,19-20H,15-18H2,1-3H3,(H,35,41). The van der Waals surface area contributed by atoms with Crippen molar-refractivity contribution in [3.05, 3.63) is 89.7 Å². The number of amidine groups is 1. The highest BCUT2D eigenvalue weighted by molar-refractivity contribution is 8.14. The lowest BCUT2D eigenvalue weighted by Gasteiger charge is -2.22. The molecule has 224 valence electrons. The maximum atomic E-state index is 12.6. The second kappa shape index (κ2) is 12.9. The van der Waals surface area contributed by atoms with Gasteiger partial charge in [0.1, 0.15) is 12.1 Å². The predicted molar refractivity (Wildman–Crippen MR) is 163 cm³/mol. The Morgan fingerprint density at radius 2 is 1.77 bits per heavy atom. The molecule has 1 atom stereocenters. The number of carbonyl (C=O) groups excluding carboxylic acids is 1. The third-order valence-corrected chi connectivity index (χ3v) is 8.06. The molecular weight excluding hydrogens is 577 g/mol. The Morgan fingerprint density at radius 3 is 2.44 bits per heavy atom. The summed E-state index contributed by atoms with van der Waals surface area (Å²) in [5.74, 6) is 1.26. The van der Waals surface area contributed by atoms with E-state index in [1.54, 1.807) is 11.8 Å². The fourth-order valence-corrected chi connectivity index (χ4v) is 5.85. The smallest absolute Gasteiger partial charge is 0.406 e. The van der Waals surface area contributed by atoms with Gasteiger partial charge in [-0.2, -0.15) is 4.99 Å². The first-order valence-corrected chi connectivity index (χ1v) is 14.8. The Kier molecular flexibility index (Phi) is 9.05. The van der Waals surface area contributed by atoms with Gasteiger partial charge >= 0.3 is 12.4 Å². The highest BCUT2D eigenvalue weighted by Crippen LogP contribution is 2.31. The molecule has 0 aliphatic carbocycles. The van der Waals surface area contributed by atoms with E-state index in [2.05, 4.69) is 62.9 Å². The quantitative estimate of drug-likeness (QED) is 0.227. The van der Waals surface area contributed by atoms with E-state index in [4.69, 9.17) is 0 Å². The van der Waals surface area contributed by atoms with E-state index < -0.39 is 6.36 Å². The van der Waals surface area contributed by atoms with E-state index >= 15 is 0 Å². The number of thioether (sulfide) groups is 1. The van der Waals surface area contributed by atoms with Crippen LogP contribution in [0.2, 0.25) is 0 Å². The van der Waals surface area contributed by atoms with Crippen molar-refractivity contribution < 1.29 is 22.7 Å². The summed E-state index contributed by atoms with van der Waals surface area (Å²) < 4.78 is 42.6. The minimum absolute atomic E-state index is 0.192. The maximum Gasteiger partial charge on any atom is 0.573 e. The Bertz CT molecular complexity index is 1580. The van der Waals surface area contributed by atoms with Crippen molar-refractivity contribution in [1.29, 1.82) is 0 Å². The largest absolute Gasteiger partial charge is 0.573 e. The van der Waals surface area contributed by atoms with E-state index in [0.717, 1.165) is 51.8 Å². The minimum Gasteiger partial charge on any atom is -0.406 e. The van der Waals surface area contributed by atoms with Crippen LogP contribution < -0.4 is 15.0 Å². The van der Waals surface area contributed by atoms with Gasteiger partial charge in [0.05, 0.1) is 5.69 Å². The lowest BCUT2D eigenvalue weighted by atomic mass is 9.96. The van der Waals surface area contributed by atoms with Crippen LogP contribution in [0.25, 0.3) is 17.1 Å². The first-order chi connectivity index (χ1) is 20.6. The number of hydrogen-bond donors (Lipinski definition) is 1. The number of benzene rings is 3. The number of para-hydroxylation sites is 1. The second-order valence-corrected chi connectivity index (χ2v) is 11.3. The van der Waals surface area contributed by atoms with Crippen molar-refractivity contribution in [2.75, 3.05) is 23.7 Å². The van der Waals surface area contributed by atoms with Crippen molar-refractivity contribution in [1.82, 2.24) is 20.1 Å². The van der Waals surface area contributed by atoms with Gasteiger partial charge in [0.25, 0.3) is 0 Å².